The average Bonchev–Trinajstić information content (AvgIpc) is 1.98. The van der Waals surface area contributed by atoms with E-state index < -0.39 is 0 Å². The normalized spacial score (nSPS) is 12.0. The molecule has 0 aromatic heterocycles. The van der Waals surface area contributed by atoms with Crippen LogP contribution < -0.4 is 5.73 Å². The van der Waals surface area contributed by atoms with Crippen LogP contribution in [0, 0.1) is 0 Å². The van der Waals surface area contributed by atoms with Crippen LogP contribution in [-0.4, -0.2) is 30.0 Å². The minimum atomic E-state index is 0.695. The van der Waals surface area contributed by atoms with E-state index in [0.29, 0.717) is 5.17 Å². The van der Waals surface area contributed by atoms with Crippen molar-refractivity contribution in [2.75, 3.05) is 24.8 Å². The van der Waals surface area contributed by atoms with Gasteiger partial charge in [-0.1, -0.05) is 11.8 Å². The molecular formula is C6H14N2S2. The van der Waals surface area contributed by atoms with Gasteiger partial charge in [-0.25, -0.2) is 0 Å². The second kappa shape index (κ2) is 7.28. The summed E-state index contributed by atoms with van der Waals surface area (Å²) in [4.78, 5) is 4.12. The van der Waals surface area contributed by atoms with E-state index in [1.165, 1.54) is 17.5 Å². The molecule has 0 saturated carbocycles. The molecule has 0 fully saturated rings. The molecule has 0 amide bonds. The standard InChI is InChI=1S/C6H14N2S2/c1-9-5-3-4-8-6(7)10-2/h3-5H2,1-2H3,(H2,7,8). The van der Waals surface area contributed by atoms with Crippen molar-refractivity contribution in [3.05, 3.63) is 0 Å². The van der Waals surface area contributed by atoms with Crippen LogP contribution in [0.1, 0.15) is 6.42 Å². The smallest absolute Gasteiger partial charge is 0.153 e. The Morgan fingerprint density at radius 1 is 1.50 bits per heavy atom. The molecule has 0 radical (unpaired) electrons. The quantitative estimate of drug-likeness (QED) is 0.402. The Morgan fingerprint density at radius 3 is 2.70 bits per heavy atom. The lowest BCUT2D eigenvalue weighted by atomic mass is 10.5. The third-order valence-corrected chi connectivity index (χ3v) is 2.23. The maximum atomic E-state index is 5.46. The zero-order chi connectivity index (χ0) is 7.82. The van der Waals surface area contributed by atoms with Crippen LogP contribution in [-0.2, 0) is 0 Å². The monoisotopic (exact) mass is 178 g/mol. The van der Waals surface area contributed by atoms with Crippen LogP contribution in [0.4, 0.5) is 0 Å². The van der Waals surface area contributed by atoms with Gasteiger partial charge in [0.2, 0.25) is 0 Å². The van der Waals surface area contributed by atoms with Crippen LogP contribution >= 0.6 is 23.5 Å². The summed E-state index contributed by atoms with van der Waals surface area (Å²) in [5.74, 6) is 1.17. The molecule has 4 heteroatoms. The van der Waals surface area contributed by atoms with Gasteiger partial charge in [0, 0.05) is 6.54 Å². The highest BCUT2D eigenvalue weighted by Gasteiger charge is 1.86. The van der Waals surface area contributed by atoms with Crippen LogP contribution in [0.2, 0.25) is 0 Å². The highest BCUT2D eigenvalue weighted by Crippen LogP contribution is 1.97. The fourth-order valence-corrected chi connectivity index (χ4v) is 1.10. The minimum absolute atomic E-state index is 0.695. The number of nitrogens with zero attached hydrogens (tertiary/aromatic N) is 1. The molecule has 2 nitrogen and oxygen atoms in total. The predicted molar refractivity (Wildman–Crippen MR) is 53.0 cm³/mol. The van der Waals surface area contributed by atoms with Crippen molar-refractivity contribution in [1.82, 2.24) is 0 Å². The molecule has 10 heavy (non-hydrogen) atoms. The molecule has 0 aliphatic rings. The number of hydrogen-bond donors (Lipinski definition) is 1. The molecule has 0 bridgehead atoms. The summed E-state index contributed by atoms with van der Waals surface area (Å²) in [6.07, 6.45) is 5.16. The second-order valence-corrected chi connectivity index (χ2v) is 3.58. The highest BCUT2D eigenvalue weighted by atomic mass is 32.2. The molecule has 0 spiro atoms. The molecule has 60 valence electrons. The fourth-order valence-electron chi connectivity index (χ4n) is 0.463. The Balaban J connectivity index is 3.16. The van der Waals surface area contributed by atoms with E-state index in [1.54, 1.807) is 0 Å². The van der Waals surface area contributed by atoms with E-state index >= 15 is 0 Å². The van der Waals surface area contributed by atoms with E-state index in [4.69, 9.17) is 5.73 Å². The second-order valence-electron chi connectivity index (χ2n) is 1.77. The maximum absolute atomic E-state index is 5.46. The van der Waals surface area contributed by atoms with Crippen LogP contribution in [0.25, 0.3) is 0 Å². The molecule has 0 aromatic carbocycles. The summed E-state index contributed by atoms with van der Waals surface area (Å²) in [7, 11) is 0. The third kappa shape index (κ3) is 6.29. The van der Waals surface area contributed by atoms with Gasteiger partial charge in [-0.05, 0) is 24.7 Å². The van der Waals surface area contributed by atoms with E-state index in [2.05, 4.69) is 11.2 Å². The Kier molecular flexibility index (Phi) is 7.40. The van der Waals surface area contributed by atoms with Gasteiger partial charge in [0.25, 0.3) is 0 Å². The summed E-state index contributed by atoms with van der Waals surface area (Å²) in [5, 5.41) is 0.695. The molecule has 0 aromatic rings. The number of amidine groups is 1. The van der Waals surface area contributed by atoms with E-state index in [-0.39, 0.29) is 0 Å². The zero-order valence-electron chi connectivity index (χ0n) is 6.46. The molecule has 0 saturated heterocycles. The van der Waals surface area contributed by atoms with Gasteiger partial charge in [0.1, 0.15) is 0 Å². The van der Waals surface area contributed by atoms with Gasteiger partial charge < -0.3 is 5.73 Å². The van der Waals surface area contributed by atoms with Crippen molar-refractivity contribution in [2.45, 2.75) is 6.42 Å². The van der Waals surface area contributed by atoms with Crippen LogP contribution in [0.15, 0.2) is 4.99 Å². The number of aliphatic imine (C=N–C) groups is 1. The predicted octanol–water partition coefficient (Wildman–Crippen LogP) is 1.42. The van der Waals surface area contributed by atoms with Gasteiger partial charge in [0.15, 0.2) is 5.17 Å². The van der Waals surface area contributed by atoms with Crippen molar-refractivity contribution < 1.29 is 0 Å². The van der Waals surface area contributed by atoms with E-state index in [1.807, 2.05) is 18.0 Å². The number of rotatable bonds is 4. The van der Waals surface area contributed by atoms with Crippen molar-refractivity contribution in [3.63, 3.8) is 0 Å². The topological polar surface area (TPSA) is 38.4 Å². The lowest BCUT2D eigenvalue weighted by Gasteiger charge is -1.94. The van der Waals surface area contributed by atoms with Crippen LogP contribution in [0.3, 0.4) is 0 Å². The third-order valence-electron chi connectivity index (χ3n) is 0.983. The molecule has 0 unspecified atom stereocenters. The first-order chi connectivity index (χ1) is 4.81. The lowest BCUT2D eigenvalue weighted by molar-refractivity contribution is 0.946. The Hall–Kier alpha value is 0.170. The molecule has 2 N–H and O–H groups in total. The van der Waals surface area contributed by atoms with Crippen molar-refractivity contribution in [2.24, 2.45) is 10.7 Å². The number of hydrogen-bond acceptors (Lipinski definition) is 3. The van der Waals surface area contributed by atoms with Gasteiger partial charge in [-0.3, -0.25) is 4.99 Å². The number of nitrogens with two attached hydrogens (primary N) is 1. The Morgan fingerprint density at radius 2 is 2.20 bits per heavy atom. The summed E-state index contributed by atoms with van der Waals surface area (Å²) in [6.45, 7) is 0.869. The fraction of sp³-hybridized carbons (Fsp3) is 0.833. The first-order valence-corrected chi connectivity index (χ1v) is 5.76. The van der Waals surface area contributed by atoms with Crippen molar-refractivity contribution in [3.8, 4) is 0 Å². The summed E-state index contributed by atoms with van der Waals surface area (Å²) < 4.78 is 0. The molecule has 0 rings (SSSR count). The molecule has 0 aliphatic carbocycles. The zero-order valence-corrected chi connectivity index (χ0v) is 8.10. The van der Waals surface area contributed by atoms with Gasteiger partial charge in [0.05, 0.1) is 0 Å². The van der Waals surface area contributed by atoms with Crippen LogP contribution in [0.5, 0.6) is 0 Å². The summed E-state index contributed by atoms with van der Waals surface area (Å²) in [5.41, 5.74) is 5.46. The lowest BCUT2D eigenvalue weighted by Crippen LogP contribution is -2.06. The first-order valence-electron chi connectivity index (χ1n) is 3.14. The van der Waals surface area contributed by atoms with Crippen molar-refractivity contribution >= 4 is 28.7 Å². The largest absolute Gasteiger partial charge is 0.379 e. The molecule has 0 heterocycles. The molecule has 0 atom stereocenters. The maximum Gasteiger partial charge on any atom is 0.153 e. The van der Waals surface area contributed by atoms with Gasteiger partial charge in [-0.2, -0.15) is 11.8 Å². The summed E-state index contributed by atoms with van der Waals surface area (Å²) >= 11 is 3.35. The Bertz CT molecular complexity index is 104. The Labute approximate surface area is 71.0 Å². The first kappa shape index (κ1) is 10.2. The van der Waals surface area contributed by atoms with E-state index in [0.717, 1.165) is 13.0 Å². The number of thioether (sulfide) groups is 2. The summed E-state index contributed by atoms with van der Waals surface area (Å²) in [6, 6.07) is 0. The molecule has 0 aliphatic heterocycles. The van der Waals surface area contributed by atoms with Gasteiger partial charge >= 0.3 is 0 Å². The highest BCUT2D eigenvalue weighted by molar-refractivity contribution is 8.13. The average molecular weight is 178 g/mol. The SMILES string of the molecule is CSCCCN=C(N)SC. The molecular weight excluding hydrogens is 164 g/mol. The van der Waals surface area contributed by atoms with Gasteiger partial charge in [-0.15, -0.1) is 0 Å². The van der Waals surface area contributed by atoms with E-state index in [9.17, 15) is 0 Å². The van der Waals surface area contributed by atoms with Crippen molar-refractivity contribution in [1.29, 1.82) is 0 Å². The minimum Gasteiger partial charge on any atom is -0.379 e.